The molecule has 0 bridgehead atoms. The molecule has 0 amide bonds. The summed E-state index contributed by atoms with van der Waals surface area (Å²) >= 11 is 1.70. The third kappa shape index (κ3) is 4.39. The standard InChI is InChI=1S/C16H21FN2S/c1-11(2)18-9-14(8-16-19-12(3)10-20-16)13-4-6-15(17)7-5-13/h4-7,10-11,14,18H,8-9H2,1-3H3. The number of hydrogen-bond donors (Lipinski definition) is 1. The van der Waals surface area contributed by atoms with E-state index in [2.05, 4.69) is 29.5 Å². The van der Waals surface area contributed by atoms with Crippen LogP contribution in [0.25, 0.3) is 0 Å². The van der Waals surface area contributed by atoms with Crippen molar-refractivity contribution in [1.29, 1.82) is 0 Å². The van der Waals surface area contributed by atoms with Crippen LogP contribution in [0.2, 0.25) is 0 Å². The third-order valence-electron chi connectivity index (χ3n) is 3.20. The third-order valence-corrected chi connectivity index (χ3v) is 4.19. The van der Waals surface area contributed by atoms with Crippen molar-refractivity contribution >= 4 is 11.3 Å². The molecule has 1 atom stereocenters. The molecule has 2 aromatic rings. The zero-order valence-corrected chi connectivity index (χ0v) is 13.0. The first-order valence-electron chi connectivity index (χ1n) is 6.94. The van der Waals surface area contributed by atoms with Gasteiger partial charge in [0.25, 0.3) is 0 Å². The summed E-state index contributed by atoms with van der Waals surface area (Å²) in [7, 11) is 0. The molecule has 20 heavy (non-hydrogen) atoms. The smallest absolute Gasteiger partial charge is 0.123 e. The van der Waals surface area contributed by atoms with Crippen LogP contribution in [0.3, 0.4) is 0 Å². The summed E-state index contributed by atoms with van der Waals surface area (Å²) in [4.78, 5) is 4.54. The summed E-state index contributed by atoms with van der Waals surface area (Å²) in [6.45, 7) is 7.16. The highest BCUT2D eigenvalue weighted by Gasteiger charge is 2.15. The molecule has 0 aliphatic heterocycles. The molecular formula is C16H21FN2S. The molecule has 0 aliphatic carbocycles. The lowest BCUT2D eigenvalue weighted by molar-refractivity contribution is 0.525. The Morgan fingerprint density at radius 3 is 2.50 bits per heavy atom. The normalized spacial score (nSPS) is 12.8. The number of thiazole rings is 1. The molecule has 1 heterocycles. The van der Waals surface area contributed by atoms with Gasteiger partial charge in [-0.15, -0.1) is 11.3 Å². The van der Waals surface area contributed by atoms with Crippen LogP contribution in [-0.2, 0) is 6.42 Å². The summed E-state index contributed by atoms with van der Waals surface area (Å²) in [6.07, 6.45) is 0.893. The Balaban J connectivity index is 2.13. The molecule has 0 spiro atoms. The molecule has 0 radical (unpaired) electrons. The highest BCUT2D eigenvalue weighted by atomic mass is 32.1. The summed E-state index contributed by atoms with van der Waals surface area (Å²) < 4.78 is 13.1. The second-order valence-electron chi connectivity index (χ2n) is 5.40. The second kappa shape index (κ2) is 6.95. The van der Waals surface area contributed by atoms with E-state index >= 15 is 0 Å². The number of nitrogens with one attached hydrogen (secondary N) is 1. The van der Waals surface area contributed by atoms with Gasteiger partial charge >= 0.3 is 0 Å². The Kier molecular flexibility index (Phi) is 5.26. The average molecular weight is 292 g/mol. The number of halogens is 1. The topological polar surface area (TPSA) is 24.9 Å². The summed E-state index contributed by atoms with van der Waals surface area (Å²) in [5.41, 5.74) is 2.23. The van der Waals surface area contributed by atoms with E-state index in [1.807, 2.05) is 19.1 Å². The fourth-order valence-electron chi connectivity index (χ4n) is 2.13. The van der Waals surface area contributed by atoms with Crippen molar-refractivity contribution in [2.24, 2.45) is 0 Å². The van der Waals surface area contributed by atoms with Gasteiger partial charge in [0.05, 0.1) is 5.01 Å². The monoisotopic (exact) mass is 292 g/mol. The molecule has 2 rings (SSSR count). The summed E-state index contributed by atoms with van der Waals surface area (Å²) in [6, 6.07) is 7.26. The minimum atomic E-state index is -0.186. The zero-order valence-electron chi connectivity index (χ0n) is 12.2. The fraction of sp³-hybridized carbons (Fsp3) is 0.438. The molecule has 0 saturated heterocycles. The van der Waals surface area contributed by atoms with E-state index in [0.717, 1.165) is 29.2 Å². The Labute approximate surface area is 124 Å². The van der Waals surface area contributed by atoms with Crippen LogP contribution < -0.4 is 5.32 Å². The average Bonchev–Trinajstić information content (AvgIpc) is 2.81. The van der Waals surface area contributed by atoms with Gasteiger partial charge < -0.3 is 5.32 Å². The van der Waals surface area contributed by atoms with Crippen LogP contribution >= 0.6 is 11.3 Å². The van der Waals surface area contributed by atoms with Gasteiger partial charge in [0, 0.05) is 36.0 Å². The second-order valence-corrected chi connectivity index (χ2v) is 6.34. The molecule has 1 N–H and O–H groups in total. The first-order chi connectivity index (χ1) is 9.54. The van der Waals surface area contributed by atoms with E-state index in [1.165, 1.54) is 12.1 Å². The van der Waals surface area contributed by atoms with Crippen molar-refractivity contribution in [3.05, 3.63) is 51.7 Å². The highest BCUT2D eigenvalue weighted by Crippen LogP contribution is 2.23. The van der Waals surface area contributed by atoms with Crippen LogP contribution in [0.15, 0.2) is 29.6 Å². The quantitative estimate of drug-likeness (QED) is 0.873. The lowest BCUT2D eigenvalue weighted by Gasteiger charge is -2.19. The van der Waals surface area contributed by atoms with Crippen molar-refractivity contribution in [3.8, 4) is 0 Å². The molecule has 0 fully saturated rings. The lowest BCUT2D eigenvalue weighted by Crippen LogP contribution is -2.29. The number of aryl methyl sites for hydroxylation is 1. The number of aromatic nitrogens is 1. The van der Waals surface area contributed by atoms with Crippen molar-refractivity contribution in [2.75, 3.05) is 6.54 Å². The van der Waals surface area contributed by atoms with Crippen molar-refractivity contribution in [2.45, 2.75) is 39.2 Å². The maximum Gasteiger partial charge on any atom is 0.123 e. The highest BCUT2D eigenvalue weighted by molar-refractivity contribution is 7.09. The number of hydrogen-bond acceptors (Lipinski definition) is 3. The molecule has 0 saturated carbocycles. The molecular weight excluding hydrogens is 271 g/mol. The summed E-state index contributed by atoms with van der Waals surface area (Å²) in [5, 5.41) is 6.69. The van der Waals surface area contributed by atoms with Gasteiger partial charge in [-0.05, 0) is 24.6 Å². The van der Waals surface area contributed by atoms with Crippen molar-refractivity contribution in [1.82, 2.24) is 10.3 Å². The van der Waals surface area contributed by atoms with Crippen LogP contribution in [0.4, 0.5) is 4.39 Å². The van der Waals surface area contributed by atoms with Gasteiger partial charge in [-0.1, -0.05) is 26.0 Å². The SMILES string of the molecule is Cc1csc(CC(CNC(C)C)c2ccc(F)cc2)n1. The Bertz CT molecular complexity index is 534. The summed E-state index contributed by atoms with van der Waals surface area (Å²) in [5.74, 6) is 0.137. The molecule has 1 unspecified atom stereocenters. The van der Waals surface area contributed by atoms with E-state index in [0.29, 0.717) is 12.0 Å². The van der Waals surface area contributed by atoms with E-state index in [1.54, 1.807) is 11.3 Å². The number of benzene rings is 1. The Morgan fingerprint density at radius 1 is 1.25 bits per heavy atom. The first-order valence-corrected chi connectivity index (χ1v) is 7.82. The maximum atomic E-state index is 13.1. The molecule has 4 heteroatoms. The Morgan fingerprint density at radius 2 is 1.95 bits per heavy atom. The zero-order chi connectivity index (χ0) is 14.5. The van der Waals surface area contributed by atoms with Gasteiger partial charge in [-0.25, -0.2) is 9.37 Å². The van der Waals surface area contributed by atoms with Gasteiger partial charge in [0.15, 0.2) is 0 Å². The van der Waals surface area contributed by atoms with Crippen LogP contribution in [0, 0.1) is 12.7 Å². The van der Waals surface area contributed by atoms with Gasteiger partial charge in [-0.2, -0.15) is 0 Å². The first kappa shape index (κ1) is 15.1. The van der Waals surface area contributed by atoms with Crippen molar-refractivity contribution < 1.29 is 4.39 Å². The maximum absolute atomic E-state index is 13.1. The molecule has 1 aromatic heterocycles. The molecule has 0 aliphatic rings. The fourth-order valence-corrected chi connectivity index (χ4v) is 2.98. The van der Waals surface area contributed by atoms with E-state index in [4.69, 9.17) is 0 Å². The predicted octanol–water partition coefficient (Wildman–Crippen LogP) is 3.91. The predicted molar refractivity (Wildman–Crippen MR) is 82.8 cm³/mol. The van der Waals surface area contributed by atoms with Gasteiger partial charge in [0.2, 0.25) is 0 Å². The molecule has 2 nitrogen and oxygen atoms in total. The van der Waals surface area contributed by atoms with Crippen LogP contribution in [0.1, 0.15) is 36.0 Å². The lowest BCUT2D eigenvalue weighted by atomic mass is 9.95. The van der Waals surface area contributed by atoms with Gasteiger partial charge in [0.1, 0.15) is 5.82 Å². The molecule has 1 aromatic carbocycles. The van der Waals surface area contributed by atoms with Crippen LogP contribution in [0.5, 0.6) is 0 Å². The van der Waals surface area contributed by atoms with Gasteiger partial charge in [-0.3, -0.25) is 0 Å². The number of nitrogens with zero attached hydrogens (tertiary/aromatic N) is 1. The molecule has 108 valence electrons. The Hall–Kier alpha value is -1.26. The van der Waals surface area contributed by atoms with E-state index in [9.17, 15) is 4.39 Å². The van der Waals surface area contributed by atoms with Crippen LogP contribution in [-0.4, -0.2) is 17.6 Å². The largest absolute Gasteiger partial charge is 0.314 e. The van der Waals surface area contributed by atoms with Crippen molar-refractivity contribution in [3.63, 3.8) is 0 Å². The van der Waals surface area contributed by atoms with E-state index in [-0.39, 0.29) is 5.82 Å². The van der Waals surface area contributed by atoms with E-state index < -0.39 is 0 Å². The number of rotatable bonds is 6. The minimum Gasteiger partial charge on any atom is -0.314 e. The minimum absolute atomic E-state index is 0.186.